The summed E-state index contributed by atoms with van der Waals surface area (Å²) in [5.41, 5.74) is 1.06. The number of hydrogen-bond acceptors (Lipinski definition) is 5. The molecular formula is C11H13BrClN5O2S. The van der Waals surface area contributed by atoms with E-state index in [-0.39, 0.29) is 9.63 Å². The van der Waals surface area contributed by atoms with Crippen molar-refractivity contribution in [3.8, 4) is 0 Å². The molecule has 0 aliphatic rings. The topological polar surface area (TPSA) is 80.1 Å². The van der Waals surface area contributed by atoms with E-state index in [1.807, 2.05) is 14.1 Å². The lowest BCUT2D eigenvalue weighted by atomic mass is 10.2. The van der Waals surface area contributed by atoms with E-state index in [1.54, 1.807) is 23.1 Å². The number of rotatable bonds is 4. The molecule has 1 aromatic heterocycles. The summed E-state index contributed by atoms with van der Waals surface area (Å²) in [6.07, 6.45) is 0. The fraction of sp³-hybridized carbons (Fsp3) is 0.273. The molecule has 0 aliphatic heterocycles. The first-order valence-electron chi connectivity index (χ1n) is 5.77. The lowest BCUT2D eigenvalue weighted by Gasteiger charge is -2.18. The summed E-state index contributed by atoms with van der Waals surface area (Å²) in [6, 6.07) is 4.97. The van der Waals surface area contributed by atoms with Crippen LogP contribution in [0.1, 0.15) is 0 Å². The van der Waals surface area contributed by atoms with Gasteiger partial charge in [0.1, 0.15) is 0 Å². The predicted molar refractivity (Wildman–Crippen MR) is 85.3 cm³/mol. The van der Waals surface area contributed by atoms with Crippen molar-refractivity contribution < 1.29 is 8.42 Å². The van der Waals surface area contributed by atoms with Crippen LogP contribution < -0.4 is 9.62 Å². The predicted octanol–water partition coefficient (Wildman–Crippen LogP) is 2.10. The number of aromatic nitrogens is 3. The van der Waals surface area contributed by atoms with Gasteiger partial charge in [-0.3, -0.25) is 4.72 Å². The van der Waals surface area contributed by atoms with Gasteiger partial charge in [-0.15, -0.1) is 5.10 Å². The third-order valence-corrected chi connectivity index (χ3v) is 5.16. The number of halogens is 2. The van der Waals surface area contributed by atoms with Crippen molar-refractivity contribution in [2.75, 3.05) is 23.7 Å². The third kappa shape index (κ3) is 3.30. The molecule has 0 atom stereocenters. The molecule has 0 fully saturated rings. The normalized spacial score (nSPS) is 11.5. The van der Waals surface area contributed by atoms with E-state index in [9.17, 15) is 8.42 Å². The zero-order chi connectivity index (χ0) is 15.8. The molecule has 0 saturated carbocycles. The Balaban J connectivity index is 2.49. The molecule has 114 valence electrons. The summed E-state index contributed by atoms with van der Waals surface area (Å²) >= 11 is 9.02. The minimum atomic E-state index is -3.85. The Morgan fingerprint density at radius 1 is 1.38 bits per heavy atom. The van der Waals surface area contributed by atoms with Crippen LogP contribution in [0.15, 0.2) is 27.8 Å². The summed E-state index contributed by atoms with van der Waals surface area (Å²) in [4.78, 5) is 1.78. The number of anilines is 2. The van der Waals surface area contributed by atoms with E-state index in [0.29, 0.717) is 16.4 Å². The molecule has 0 saturated heterocycles. The lowest BCUT2D eigenvalue weighted by molar-refractivity contribution is 0.578. The van der Waals surface area contributed by atoms with Gasteiger partial charge in [-0.1, -0.05) is 16.8 Å². The third-order valence-electron chi connectivity index (χ3n) is 2.68. The van der Waals surface area contributed by atoms with E-state index in [0.717, 1.165) is 0 Å². The van der Waals surface area contributed by atoms with Gasteiger partial charge in [0.2, 0.25) is 5.03 Å². The van der Waals surface area contributed by atoms with Crippen LogP contribution in [-0.4, -0.2) is 37.5 Å². The second-order valence-electron chi connectivity index (χ2n) is 4.47. The Kier molecular flexibility index (Phi) is 4.45. The van der Waals surface area contributed by atoms with Crippen molar-refractivity contribution in [1.29, 1.82) is 0 Å². The average Bonchev–Trinajstić information content (AvgIpc) is 2.68. The SMILES string of the molecule is CN(C)c1ccc(Cl)cc1NS(=O)(=O)c1c(Br)nnn1C. The highest BCUT2D eigenvalue weighted by atomic mass is 79.9. The molecule has 1 aromatic carbocycles. The van der Waals surface area contributed by atoms with Crippen LogP contribution in [0.4, 0.5) is 11.4 Å². The first kappa shape index (κ1) is 16.1. The maximum absolute atomic E-state index is 12.5. The Morgan fingerprint density at radius 2 is 2.05 bits per heavy atom. The molecule has 0 aliphatic carbocycles. The molecule has 2 rings (SSSR count). The van der Waals surface area contributed by atoms with E-state index in [1.165, 1.54) is 11.7 Å². The molecule has 2 aromatic rings. The van der Waals surface area contributed by atoms with E-state index < -0.39 is 10.0 Å². The van der Waals surface area contributed by atoms with Gasteiger partial charge in [-0.25, -0.2) is 4.68 Å². The smallest absolute Gasteiger partial charge is 0.281 e. The second kappa shape index (κ2) is 5.82. The largest absolute Gasteiger partial charge is 0.376 e. The highest BCUT2D eigenvalue weighted by Crippen LogP contribution is 2.30. The first-order chi connectivity index (χ1) is 9.72. The summed E-state index contributed by atoms with van der Waals surface area (Å²) in [7, 11) is 1.27. The average molecular weight is 395 g/mol. The zero-order valence-corrected chi connectivity index (χ0v) is 14.7. The van der Waals surface area contributed by atoms with Gasteiger partial charge in [0, 0.05) is 26.2 Å². The molecule has 10 heteroatoms. The van der Waals surface area contributed by atoms with Crippen LogP contribution in [0.25, 0.3) is 0 Å². The minimum absolute atomic E-state index is 0.0628. The highest BCUT2D eigenvalue weighted by molar-refractivity contribution is 9.10. The number of aryl methyl sites for hydroxylation is 1. The first-order valence-corrected chi connectivity index (χ1v) is 8.42. The monoisotopic (exact) mass is 393 g/mol. The van der Waals surface area contributed by atoms with Crippen molar-refractivity contribution in [3.63, 3.8) is 0 Å². The Hall–Kier alpha value is -1.32. The minimum Gasteiger partial charge on any atom is -0.376 e. The molecule has 0 unspecified atom stereocenters. The quantitative estimate of drug-likeness (QED) is 0.859. The molecule has 1 heterocycles. The summed E-state index contributed by atoms with van der Waals surface area (Å²) in [6.45, 7) is 0. The van der Waals surface area contributed by atoms with Gasteiger partial charge in [0.05, 0.1) is 11.4 Å². The van der Waals surface area contributed by atoms with Gasteiger partial charge in [0.15, 0.2) is 4.60 Å². The standard InChI is InChI=1S/C11H13BrClN5O2S/c1-17(2)9-5-4-7(13)6-8(9)15-21(19,20)11-10(12)14-16-18(11)3/h4-6,15H,1-3H3. The summed E-state index contributed by atoms with van der Waals surface area (Å²) in [5.74, 6) is 0. The maximum Gasteiger partial charge on any atom is 0.281 e. The number of nitrogens with zero attached hydrogens (tertiary/aromatic N) is 4. The van der Waals surface area contributed by atoms with Gasteiger partial charge in [-0.2, -0.15) is 8.42 Å². The number of benzene rings is 1. The Morgan fingerprint density at radius 3 is 2.57 bits per heavy atom. The van der Waals surface area contributed by atoms with E-state index in [2.05, 4.69) is 31.0 Å². The van der Waals surface area contributed by atoms with Crippen LogP contribution in [0.5, 0.6) is 0 Å². The maximum atomic E-state index is 12.5. The highest BCUT2D eigenvalue weighted by Gasteiger charge is 2.25. The Bertz CT molecular complexity index is 755. The molecule has 21 heavy (non-hydrogen) atoms. The van der Waals surface area contributed by atoms with Crippen LogP contribution in [0.2, 0.25) is 5.02 Å². The fourth-order valence-corrected chi connectivity index (χ4v) is 4.12. The Labute approximate surface area is 136 Å². The molecule has 0 amide bonds. The van der Waals surface area contributed by atoms with Crippen LogP contribution in [0.3, 0.4) is 0 Å². The van der Waals surface area contributed by atoms with Crippen molar-refractivity contribution in [2.24, 2.45) is 7.05 Å². The zero-order valence-electron chi connectivity index (χ0n) is 11.5. The van der Waals surface area contributed by atoms with Crippen molar-refractivity contribution in [2.45, 2.75) is 5.03 Å². The van der Waals surface area contributed by atoms with Crippen molar-refractivity contribution in [3.05, 3.63) is 27.8 Å². The van der Waals surface area contributed by atoms with E-state index >= 15 is 0 Å². The van der Waals surface area contributed by atoms with Crippen LogP contribution >= 0.6 is 27.5 Å². The molecule has 0 bridgehead atoms. The van der Waals surface area contributed by atoms with Crippen LogP contribution in [0, 0.1) is 0 Å². The molecule has 7 nitrogen and oxygen atoms in total. The lowest BCUT2D eigenvalue weighted by Crippen LogP contribution is -2.19. The van der Waals surface area contributed by atoms with Crippen molar-refractivity contribution in [1.82, 2.24) is 15.0 Å². The fourth-order valence-electron chi connectivity index (χ4n) is 1.78. The second-order valence-corrected chi connectivity index (χ2v) is 7.26. The van der Waals surface area contributed by atoms with Gasteiger partial charge >= 0.3 is 0 Å². The summed E-state index contributed by atoms with van der Waals surface area (Å²) in [5, 5.41) is 7.70. The number of sulfonamides is 1. The van der Waals surface area contributed by atoms with E-state index in [4.69, 9.17) is 11.6 Å². The molecule has 1 N–H and O–H groups in total. The molecule has 0 spiro atoms. The van der Waals surface area contributed by atoms with Gasteiger partial charge in [-0.05, 0) is 34.1 Å². The van der Waals surface area contributed by atoms with Gasteiger partial charge in [0.25, 0.3) is 10.0 Å². The number of nitrogens with one attached hydrogen (secondary N) is 1. The van der Waals surface area contributed by atoms with Crippen molar-refractivity contribution >= 4 is 48.9 Å². The summed E-state index contributed by atoms with van der Waals surface area (Å²) < 4.78 is 28.8. The molecule has 0 radical (unpaired) electrons. The van der Waals surface area contributed by atoms with Crippen LogP contribution in [-0.2, 0) is 17.1 Å². The van der Waals surface area contributed by atoms with Gasteiger partial charge < -0.3 is 4.90 Å². The molecular weight excluding hydrogens is 382 g/mol. The number of hydrogen-bond donors (Lipinski definition) is 1.